The van der Waals surface area contributed by atoms with Crippen molar-refractivity contribution in [1.82, 2.24) is 0 Å². The van der Waals surface area contributed by atoms with Crippen molar-refractivity contribution >= 4 is 25.2 Å². The zero-order chi connectivity index (χ0) is 19.5. The molecule has 4 aliphatic rings. The standard InChI is InChI=1S/C25H34O2Se/c1-24-12-10-17(26)14-16(24)8-9-19-20(24)11-13-25(2)21(19)15-22(23(25)27)28-18-6-4-3-5-7-18/h3-7,16-17,19-22,26H,8-15H2,1-2H3. The second-order valence-electron chi connectivity index (χ2n) is 10.6. The van der Waals surface area contributed by atoms with Crippen LogP contribution in [-0.2, 0) is 4.79 Å². The van der Waals surface area contributed by atoms with Gasteiger partial charge in [0.15, 0.2) is 0 Å². The van der Waals surface area contributed by atoms with Crippen LogP contribution in [0.25, 0.3) is 0 Å². The molecule has 0 spiro atoms. The minimum absolute atomic E-state index is 0.0697. The van der Waals surface area contributed by atoms with E-state index in [1.54, 1.807) is 0 Å². The second-order valence-corrected chi connectivity index (χ2v) is 13.2. The molecule has 3 heteroatoms. The van der Waals surface area contributed by atoms with Crippen LogP contribution < -0.4 is 4.46 Å². The Morgan fingerprint density at radius 2 is 1.75 bits per heavy atom. The van der Waals surface area contributed by atoms with Crippen molar-refractivity contribution in [1.29, 1.82) is 0 Å². The van der Waals surface area contributed by atoms with Crippen molar-refractivity contribution in [3.8, 4) is 0 Å². The van der Waals surface area contributed by atoms with Gasteiger partial charge in [-0.05, 0) is 0 Å². The van der Waals surface area contributed by atoms with Crippen LogP contribution >= 0.6 is 0 Å². The maximum absolute atomic E-state index is 13.5. The van der Waals surface area contributed by atoms with E-state index < -0.39 is 0 Å². The van der Waals surface area contributed by atoms with Gasteiger partial charge in [-0.1, -0.05) is 0 Å². The maximum atomic E-state index is 13.5. The van der Waals surface area contributed by atoms with Crippen LogP contribution in [0.3, 0.4) is 0 Å². The molecule has 0 bridgehead atoms. The van der Waals surface area contributed by atoms with E-state index in [0.29, 0.717) is 23.0 Å². The van der Waals surface area contributed by atoms with E-state index in [9.17, 15) is 9.90 Å². The monoisotopic (exact) mass is 446 g/mol. The molecule has 1 N–H and O–H groups in total. The van der Waals surface area contributed by atoms with Crippen LogP contribution in [-0.4, -0.2) is 32.0 Å². The Hall–Kier alpha value is -0.631. The number of fused-ring (bicyclic) bond motifs is 5. The van der Waals surface area contributed by atoms with E-state index in [1.807, 2.05) is 0 Å². The van der Waals surface area contributed by atoms with Crippen molar-refractivity contribution in [2.75, 3.05) is 0 Å². The Kier molecular flexibility index (Phi) is 4.81. The van der Waals surface area contributed by atoms with Crippen LogP contribution in [0.1, 0.15) is 65.2 Å². The van der Waals surface area contributed by atoms with Crippen LogP contribution in [0.15, 0.2) is 30.3 Å². The second kappa shape index (κ2) is 6.96. The Bertz CT molecular complexity index is 748. The van der Waals surface area contributed by atoms with Gasteiger partial charge in [0.25, 0.3) is 0 Å². The average Bonchev–Trinajstić information content (AvgIpc) is 2.94. The molecule has 0 heterocycles. The topological polar surface area (TPSA) is 37.3 Å². The van der Waals surface area contributed by atoms with E-state index in [-0.39, 0.29) is 31.3 Å². The first-order chi connectivity index (χ1) is 13.4. The number of Topliss-reactive ketones (excluding diaryl/α,β-unsaturated/α-hetero) is 1. The summed E-state index contributed by atoms with van der Waals surface area (Å²) < 4.78 is 1.38. The fourth-order valence-corrected chi connectivity index (χ4v) is 10.5. The molecule has 5 rings (SSSR count). The molecule has 4 saturated carbocycles. The van der Waals surface area contributed by atoms with Gasteiger partial charge in [0, 0.05) is 0 Å². The van der Waals surface area contributed by atoms with Crippen LogP contribution in [0.5, 0.6) is 0 Å². The van der Waals surface area contributed by atoms with Gasteiger partial charge < -0.3 is 0 Å². The van der Waals surface area contributed by atoms with Gasteiger partial charge in [-0.15, -0.1) is 0 Å². The van der Waals surface area contributed by atoms with Crippen LogP contribution in [0, 0.1) is 34.5 Å². The van der Waals surface area contributed by atoms with E-state index in [4.69, 9.17) is 0 Å². The van der Waals surface area contributed by atoms with Crippen LogP contribution in [0.4, 0.5) is 0 Å². The molecule has 0 aromatic heterocycles. The van der Waals surface area contributed by atoms with Gasteiger partial charge in [-0.3, -0.25) is 0 Å². The molecule has 0 aliphatic heterocycles. The minimum atomic E-state index is -0.0745. The zero-order valence-electron chi connectivity index (χ0n) is 17.3. The number of aliphatic hydroxyl groups is 1. The number of carbonyl (C=O) groups is 1. The van der Waals surface area contributed by atoms with Crippen molar-refractivity contribution in [2.24, 2.45) is 34.5 Å². The quantitative estimate of drug-likeness (QED) is 0.686. The molecular weight excluding hydrogens is 411 g/mol. The Balaban J connectivity index is 1.39. The van der Waals surface area contributed by atoms with Crippen molar-refractivity contribution in [3.63, 3.8) is 0 Å². The summed E-state index contributed by atoms with van der Waals surface area (Å²) in [6.07, 6.45) is 9.14. The average molecular weight is 446 g/mol. The summed E-state index contributed by atoms with van der Waals surface area (Å²) in [6.45, 7) is 4.85. The zero-order valence-corrected chi connectivity index (χ0v) is 19.0. The van der Waals surface area contributed by atoms with E-state index in [2.05, 4.69) is 44.2 Å². The van der Waals surface area contributed by atoms with E-state index in [1.165, 1.54) is 30.1 Å². The van der Waals surface area contributed by atoms with Gasteiger partial charge in [-0.2, -0.15) is 0 Å². The first-order valence-corrected chi connectivity index (χ1v) is 13.2. The Morgan fingerprint density at radius 1 is 0.964 bits per heavy atom. The molecular formula is C25H34O2Se. The fourth-order valence-electron chi connectivity index (χ4n) is 7.77. The van der Waals surface area contributed by atoms with E-state index >= 15 is 0 Å². The SMILES string of the molecule is CC12CCC3C(CCC4CC(O)CCC43C)C1CC([Se]c1ccccc1)C2=O. The molecule has 0 radical (unpaired) electrons. The molecule has 2 nitrogen and oxygen atoms in total. The summed E-state index contributed by atoms with van der Waals surface area (Å²) in [5.41, 5.74) is 0.328. The van der Waals surface area contributed by atoms with Gasteiger partial charge in [0.1, 0.15) is 0 Å². The summed E-state index contributed by atoms with van der Waals surface area (Å²) in [4.78, 5) is 13.8. The summed E-state index contributed by atoms with van der Waals surface area (Å²) >= 11 is 0.268. The van der Waals surface area contributed by atoms with Crippen LogP contribution in [0.2, 0.25) is 4.82 Å². The van der Waals surface area contributed by atoms with Crippen molar-refractivity contribution in [3.05, 3.63) is 30.3 Å². The molecule has 0 amide bonds. The summed E-state index contributed by atoms with van der Waals surface area (Å²) in [7, 11) is 0. The number of hydrogen-bond acceptors (Lipinski definition) is 2. The number of hydrogen-bond donors (Lipinski definition) is 1. The normalized spacial score (nSPS) is 47.9. The summed E-state index contributed by atoms with van der Waals surface area (Å²) in [5.74, 6) is 3.39. The molecule has 0 saturated heterocycles. The number of benzene rings is 1. The Labute approximate surface area is 176 Å². The first kappa shape index (κ1) is 19.3. The third-order valence-electron chi connectivity index (χ3n) is 9.37. The summed E-state index contributed by atoms with van der Waals surface area (Å²) in [5, 5.41) is 10.2. The first-order valence-electron chi connectivity index (χ1n) is 11.4. The Morgan fingerprint density at radius 3 is 2.54 bits per heavy atom. The van der Waals surface area contributed by atoms with Gasteiger partial charge in [0.2, 0.25) is 0 Å². The molecule has 8 unspecified atom stereocenters. The van der Waals surface area contributed by atoms with Crippen molar-refractivity contribution in [2.45, 2.75) is 76.1 Å². The molecule has 28 heavy (non-hydrogen) atoms. The molecule has 1 aromatic rings. The third kappa shape index (κ3) is 2.88. The number of aliphatic hydroxyl groups excluding tert-OH is 1. The summed E-state index contributed by atoms with van der Waals surface area (Å²) in [6, 6.07) is 10.7. The third-order valence-corrected chi connectivity index (χ3v) is 12.0. The number of ketones is 1. The number of carbonyl (C=O) groups excluding carboxylic acids is 1. The number of rotatable bonds is 2. The fraction of sp³-hybridized carbons (Fsp3) is 0.720. The molecule has 152 valence electrons. The van der Waals surface area contributed by atoms with Crippen molar-refractivity contribution < 1.29 is 9.90 Å². The van der Waals surface area contributed by atoms with E-state index in [0.717, 1.165) is 37.5 Å². The molecule has 8 atom stereocenters. The van der Waals surface area contributed by atoms with Gasteiger partial charge in [-0.25, -0.2) is 0 Å². The predicted octanol–water partition coefficient (Wildman–Crippen LogP) is 4.39. The molecule has 4 aliphatic carbocycles. The predicted molar refractivity (Wildman–Crippen MR) is 114 cm³/mol. The van der Waals surface area contributed by atoms with Gasteiger partial charge in [0.05, 0.1) is 0 Å². The van der Waals surface area contributed by atoms with Gasteiger partial charge >= 0.3 is 176 Å². The molecule has 4 fully saturated rings. The molecule has 1 aromatic carbocycles.